The van der Waals surface area contributed by atoms with Gasteiger partial charge in [0.1, 0.15) is 0 Å². The highest BCUT2D eigenvalue weighted by Crippen LogP contribution is 2.53. The molecule has 0 bridgehead atoms. The minimum atomic E-state index is 0.222. The largest absolute Gasteiger partial charge is 0.309 e. The summed E-state index contributed by atoms with van der Waals surface area (Å²) >= 11 is 1.89. The zero-order valence-corrected chi connectivity index (χ0v) is 54.3. The molecule has 2 atom stereocenters. The quantitative estimate of drug-likeness (QED) is 0.157. The molecule has 0 spiro atoms. The molecule has 0 aliphatic heterocycles. The lowest BCUT2D eigenvalue weighted by Gasteiger charge is -2.16. The van der Waals surface area contributed by atoms with E-state index in [0.29, 0.717) is 0 Å². The Labute approximate surface area is 571 Å². The fourth-order valence-electron chi connectivity index (χ4n) is 17.2. The molecule has 16 aromatic carbocycles. The first-order valence-corrected chi connectivity index (χ1v) is 35.0. The van der Waals surface area contributed by atoms with Crippen LogP contribution in [0.15, 0.2) is 340 Å². The molecule has 2 nitrogen and oxygen atoms in total. The SMILES string of the molecule is c1ccc(-n2c3ccc(-c4ccc5c(c4)-c4ccccc4C5c4ccc5ccccc5c4)cc3c3cc4c(cc32)Cc2ccccc2-4)cc1.c1ccc(-n2c3ccc(-c4ccc5c(c4)-c4ccccc4C5c4ccc5ccccc5c4)cc3c3cc4sc5ccccc5c4cc32)cc1. The number of aromatic nitrogens is 2. The van der Waals surface area contributed by atoms with Crippen LogP contribution in [-0.4, -0.2) is 9.13 Å². The monoisotopic (exact) mass is 1260 g/mol. The topological polar surface area (TPSA) is 9.86 Å². The first-order chi connectivity index (χ1) is 48.6. The van der Waals surface area contributed by atoms with Crippen molar-refractivity contribution >= 4 is 96.7 Å². The van der Waals surface area contributed by atoms with Crippen molar-refractivity contribution < 1.29 is 0 Å². The van der Waals surface area contributed by atoms with E-state index in [0.717, 1.165) is 6.42 Å². The van der Waals surface area contributed by atoms with E-state index in [1.165, 1.54) is 197 Å². The third-order valence-corrected chi connectivity index (χ3v) is 22.8. The van der Waals surface area contributed by atoms with Gasteiger partial charge in [0.2, 0.25) is 0 Å². The van der Waals surface area contributed by atoms with Gasteiger partial charge in [-0.1, -0.05) is 249 Å². The van der Waals surface area contributed by atoms with Gasteiger partial charge < -0.3 is 9.13 Å². The number of fused-ring (bicyclic) bond motifs is 20. The van der Waals surface area contributed by atoms with Gasteiger partial charge in [0.15, 0.2) is 0 Å². The summed E-state index contributed by atoms with van der Waals surface area (Å²) in [6.07, 6.45) is 0.986. The van der Waals surface area contributed by atoms with Crippen LogP contribution in [-0.2, 0) is 6.42 Å². The minimum Gasteiger partial charge on any atom is -0.309 e. The predicted molar refractivity (Wildman–Crippen MR) is 414 cm³/mol. The fraction of sp³-hybridized carbons (Fsp3) is 0.0316. The molecule has 98 heavy (non-hydrogen) atoms. The van der Waals surface area contributed by atoms with E-state index < -0.39 is 0 Å². The maximum Gasteiger partial charge on any atom is 0.0548 e. The highest BCUT2D eigenvalue weighted by atomic mass is 32.1. The van der Waals surface area contributed by atoms with Crippen molar-refractivity contribution in [2.75, 3.05) is 0 Å². The van der Waals surface area contributed by atoms with Gasteiger partial charge in [-0.3, -0.25) is 0 Å². The Hall–Kier alpha value is -12.1. The molecule has 22 rings (SSSR count). The van der Waals surface area contributed by atoms with Crippen molar-refractivity contribution in [2.24, 2.45) is 0 Å². The Morgan fingerprint density at radius 3 is 1.28 bits per heavy atom. The lowest BCUT2D eigenvalue weighted by atomic mass is 9.87. The van der Waals surface area contributed by atoms with Crippen molar-refractivity contribution in [3.8, 4) is 67.0 Å². The third-order valence-electron chi connectivity index (χ3n) is 21.7. The van der Waals surface area contributed by atoms with E-state index >= 15 is 0 Å². The van der Waals surface area contributed by atoms with Gasteiger partial charge in [-0.05, 0) is 219 Å². The van der Waals surface area contributed by atoms with Crippen molar-refractivity contribution in [1.82, 2.24) is 9.13 Å². The van der Waals surface area contributed by atoms with Crippen LogP contribution in [0, 0.1) is 0 Å². The van der Waals surface area contributed by atoms with E-state index in [9.17, 15) is 0 Å². The average Bonchev–Trinajstić information content (AvgIpc) is 1.58. The molecule has 3 heterocycles. The Kier molecular flexibility index (Phi) is 12.2. The smallest absolute Gasteiger partial charge is 0.0548 e. The average molecular weight is 1260 g/mol. The number of thiophene rings is 1. The normalized spacial score (nSPS) is 14.1. The molecule has 0 fully saturated rings. The summed E-state index contributed by atoms with van der Waals surface area (Å²) in [5, 5.41) is 13.0. The Morgan fingerprint density at radius 2 is 0.684 bits per heavy atom. The van der Waals surface area contributed by atoms with Crippen LogP contribution in [0.1, 0.15) is 56.3 Å². The van der Waals surface area contributed by atoms with Gasteiger partial charge in [-0.25, -0.2) is 0 Å². The molecule has 19 aromatic rings. The zero-order chi connectivity index (χ0) is 64.1. The Bertz CT molecular complexity index is 6540. The highest BCUT2D eigenvalue weighted by molar-refractivity contribution is 7.25. The first kappa shape index (κ1) is 55.2. The van der Waals surface area contributed by atoms with Crippen LogP contribution in [0.4, 0.5) is 0 Å². The molecule has 0 saturated heterocycles. The molecule has 2 unspecified atom stereocenters. The lowest BCUT2D eigenvalue weighted by molar-refractivity contribution is 1.02. The van der Waals surface area contributed by atoms with Gasteiger partial charge in [-0.2, -0.15) is 0 Å². The maximum absolute atomic E-state index is 2.45. The molecule has 456 valence electrons. The summed E-state index contributed by atoms with van der Waals surface area (Å²) in [4.78, 5) is 0. The summed E-state index contributed by atoms with van der Waals surface area (Å²) < 4.78 is 7.56. The van der Waals surface area contributed by atoms with Crippen molar-refractivity contribution in [2.45, 2.75) is 18.3 Å². The van der Waals surface area contributed by atoms with Crippen LogP contribution >= 0.6 is 11.3 Å². The summed E-state index contributed by atoms with van der Waals surface area (Å²) in [7, 11) is 0. The number of benzene rings is 16. The van der Waals surface area contributed by atoms with Crippen LogP contribution < -0.4 is 0 Å². The standard InChI is InChI=1S/C48H31N.C47H29NS/c1-2-13-37(14-3-1)49-46-23-21-33(27-44(46)45-29-42-36(28-47(45)49)25-34-12-6-7-15-38(34)42)32-20-22-41-43(26-32)39-16-8-9-17-40(39)48(41)35-19-18-30-10-4-5-11-31(30)24-35;1-2-12-34(13-3-1)48-43-23-21-32(26-40(43)41-28-46-42(27-44(41)48)36-15-8-9-17-45(36)49-46)31-20-22-38-39(25-31)35-14-6-7-16-37(35)47(38)33-19-18-29-10-4-5-11-30(29)24-33/h1-24,26-29,48H,25H2;1-28,47H. The first-order valence-electron chi connectivity index (χ1n) is 34.2. The predicted octanol–water partition coefficient (Wildman–Crippen LogP) is 25.5. The molecule has 0 amide bonds. The highest BCUT2D eigenvalue weighted by Gasteiger charge is 2.33. The van der Waals surface area contributed by atoms with E-state index in [4.69, 9.17) is 0 Å². The number of hydrogen-bond acceptors (Lipinski definition) is 1. The molecule has 0 radical (unpaired) electrons. The second-order valence-electron chi connectivity index (χ2n) is 27.0. The maximum atomic E-state index is 2.45. The summed E-state index contributed by atoms with van der Waals surface area (Å²) in [6, 6.07) is 127. The van der Waals surface area contributed by atoms with E-state index in [1.54, 1.807) is 0 Å². The summed E-state index contributed by atoms with van der Waals surface area (Å²) in [5.74, 6) is 0.445. The second kappa shape index (κ2) is 21.7. The van der Waals surface area contributed by atoms with E-state index in [-0.39, 0.29) is 11.8 Å². The fourth-order valence-corrected chi connectivity index (χ4v) is 18.3. The minimum absolute atomic E-state index is 0.222. The molecular weight excluding hydrogens is 1200 g/mol. The van der Waals surface area contributed by atoms with Crippen molar-refractivity contribution in [3.05, 3.63) is 384 Å². The molecule has 3 aliphatic rings. The zero-order valence-electron chi connectivity index (χ0n) is 53.5. The second-order valence-corrected chi connectivity index (χ2v) is 28.1. The molecule has 0 saturated carbocycles. The third kappa shape index (κ3) is 8.53. The van der Waals surface area contributed by atoms with Gasteiger partial charge in [0, 0.05) is 64.9 Å². The number of para-hydroxylation sites is 2. The molecule has 3 aromatic heterocycles. The Morgan fingerprint density at radius 1 is 0.235 bits per heavy atom. The van der Waals surface area contributed by atoms with E-state index in [1.807, 2.05) is 11.3 Å². The van der Waals surface area contributed by atoms with Crippen LogP contribution in [0.3, 0.4) is 0 Å². The molecule has 3 aliphatic carbocycles. The van der Waals surface area contributed by atoms with Crippen molar-refractivity contribution in [3.63, 3.8) is 0 Å². The van der Waals surface area contributed by atoms with Crippen LogP contribution in [0.2, 0.25) is 0 Å². The molecule has 0 N–H and O–H groups in total. The summed E-state index contributed by atoms with van der Waals surface area (Å²) in [5.41, 5.74) is 31.5. The number of hydrogen-bond donors (Lipinski definition) is 0. The van der Waals surface area contributed by atoms with Crippen LogP contribution in [0.25, 0.3) is 152 Å². The lowest BCUT2D eigenvalue weighted by Crippen LogP contribution is -1.99. The van der Waals surface area contributed by atoms with Gasteiger partial charge in [0.25, 0.3) is 0 Å². The number of rotatable bonds is 6. The van der Waals surface area contributed by atoms with Crippen LogP contribution in [0.5, 0.6) is 0 Å². The van der Waals surface area contributed by atoms with Crippen molar-refractivity contribution in [1.29, 1.82) is 0 Å². The molecular formula is C95H60N2S. The van der Waals surface area contributed by atoms with E-state index in [2.05, 4.69) is 349 Å². The van der Waals surface area contributed by atoms with Gasteiger partial charge in [-0.15, -0.1) is 11.3 Å². The van der Waals surface area contributed by atoms with Gasteiger partial charge >= 0.3 is 0 Å². The Balaban J connectivity index is 0.000000129. The molecule has 3 heteroatoms. The number of nitrogens with zero attached hydrogens (tertiary/aromatic N) is 2. The summed E-state index contributed by atoms with van der Waals surface area (Å²) in [6.45, 7) is 0. The van der Waals surface area contributed by atoms with Gasteiger partial charge in [0.05, 0.1) is 22.1 Å².